The van der Waals surface area contributed by atoms with Crippen molar-refractivity contribution < 1.29 is 47.7 Å². The van der Waals surface area contributed by atoms with Gasteiger partial charge in [-0.05, 0) is 211 Å². The van der Waals surface area contributed by atoms with Crippen molar-refractivity contribution in [3.63, 3.8) is 0 Å². The van der Waals surface area contributed by atoms with E-state index in [1.807, 2.05) is 0 Å². The summed E-state index contributed by atoms with van der Waals surface area (Å²) in [6.07, 6.45) is 104. The minimum absolute atomic E-state index is 0.00155. The fraction of sp³-hybridized carbons (Fsp3) is 0.952. The molecule has 0 N–H and O–H groups in total. The van der Waals surface area contributed by atoms with Crippen molar-refractivity contribution in [3.8, 4) is 0 Å². The summed E-state index contributed by atoms with van der Waals surface area (Å²) in [5.74, 6) is 3.19. The average Bonchev–Trinajstić information content (AvgIpc) is 1.54. The third-order valence-electron chi connectivity index (χ3n) is 31.5. The van der Waals surface area contributed by atoms with Gasteiger partial charge in [0.25, 0.3) is 0 Å². The first-order chi connectivity index (χ1) is 68.1. The lowest BCUT2D eigenvalue weighted by atomic mass is 9.89. The Balaban J connectivity index is 2.88. The van der Waals surface area contributed by atoms with Gasteiger partial charge in [0.1, 0.15) is 0 Å². The van der Waals surface area contributed by atoms with Crippen LogP contribution in [-0.2, 0) is 47.7 Å². The van der Waals surface area contributed by atoms with Crippen LogP contribution in [0.3, 0.4) is 0 Å². The highest BCUT2D eigenvalue weighted by molar-refractivity contribution is 5.77. The highest BCUT2D eigenvalue weighted by atomic mass is 16.5. The van der Waals surface area contributed by atoms with Gasteiger partial charge in [0, 0.05) is 63.7 Å². The summed E-state index contributed by atoms with van der Waals surface area (Å²) in [5, 5.41) is 0. The molecule has 0 bridgehead atoms. The van der Waals surface area contributed by atoms with E-state index in [2.05, 4.69) is 96.0 Å². The molecule has 0 radical (unpaired) electrons. The summed E-state index contributed by atoms with van der Waals surface area (Å²) in [6.45, 7) is 29.0. The van der Waals surface area contributed by atoms with Crippen molar-refractivity contribution >= 4 is 35.7 Å². The Morgan fingerprint density at radius 2 is 0.417 bits per heavy atom. The van der Waals surface area contributed by atoms with E-state index in [1.54, 1.807) is 0 Å². The van der Waals surface area contributed by atoms with E-state index in [-0.39, 0.29) is 36.0 Å². The van der Waals surface area contributed by atoms with E-state index in [4.69, 9.17) is 18.9 Å². The summed E-state index contributed by atoms with van der Waals surface area (Å²) in [6, 6.07) is 0.465. The molecule has 1 rings (SSSR count). The van der Waals surface area contributed by atoms with Crippen LogP contribution >= 0.6 is 0 Å². The monoisotopic (exact) mass is 1960 g/mol. The molecule has 0 spiro atoms. The topological polar surface area (TPSA) is 152 Å². The van der Waals surface area contributed by atoms with E-state index in [9.17, 15) is 28.8 Å². The molecule has 0 aromatic rings. The number of carbonyl (C=O) groups is 6. The van der Waals surface area contributed by atoms with Gasteiger partial charge in [0.05, 0.1) is 26.4 Å². The molecule has 7 unspecified atom stereocenters. The normalized spacial score (nSPS) is 14.0. The maximum Gasteiger partial charge on any atom is 0.305 e. The molecule has 0 aliphatic carbocycles. The summed E-state index contributed by atoms with van der Waals surface area (Å²) >= 11 is 0. The molecule has 1 saturated heterocycles. The van der Waals surface area contributed by atoms with Crippen molar-refractivity contribution in [1.29, 1.82) is 0 Å². The maximum absolute atomic E-state index is 14.4. The minimum atomic E-state index is -0.0400. The van der Waals surface area contributed by atoms with Gasteiger partial charge in [-0.1, -0.05) is 467 Å². The van der Waals surface area contributed by atoms with E-state index in [1.165, 1.54) is 379 Å². The molecule has 1 fully saturated rings. The molecule has 14 nitrogen and oxygen atoms in total. The number of likely N-dealkylation sites (tertiary alicyclic amines) is 1. The molecule has 0 saturated carbocycles. The SMILES string of the molecule is CCCCCCCCC(=O)N(CCCN(C)C)C(CCCCCCCCC(=O)OCC(CCCCCC)CCCCCCCC)CCCCCCCCC(=O)OCC(CCCCCCCC)CCCCCCC(CC)CCCC(CCCCCCCC)COC(=O)CCCCCC(CCCCCC(=O)OCC(CCCCCC)CCCCCCCC)N(CCCN1CCCC1)C(=O)CCCCCCC. The number of amides is 2. The number of hydrogen-bond acceptors (Lipinski definition) is 12. The summed E-state index contributed by atoms with van der Waals surface area (Å²) in [5.41, 5.74) is 0. The first-order valence-corrected chi connectivity index (χ1v) is 62.7. The van der Waals surface area contributed by atoms with Gasteiger partial charge in [-0.15, -0.1) is 0 Å². The van der Waals surface area contributed by atoms with Crippen LogP contribution in [-0.4, -0.2) is 147 Å². The average molecular weight is 1960 g/mol. The minimum Gasteiger partial charge on any atom is -0.465 e. The van der Waals surface area contributed by atoms with Crippen molar-refractivity contribution in [1.82, 2.24) is 19.6 Å². The second-order valence-corrected chi connectivity index (χ2v) is 45.1. The van der Waals surface area contributed by atoms with Crippen LogP contribution in [0.15, 0.2) is 0 Å². The van der Waals surface area contributed by atoms with Crippen LogP contribution < -0.4 is 0 Å². The molecule has 0 aromatic heterocycles. The van der Waals surface area contributed by atoms with E-state index in [0.29, 0.717) is 100 Å². The predicted octanol–water partition coefficient (Wildman–Crippen LogP) is 37.2. The fourth-order valence-electron chi connectivity index (χ4n) is 22.0. The third kappa shape index (κ3) is 86.4. The van der Waals surface area contributed by atoms with E-state index >= 15 is 0 Å². The fourth-order valence-corrected chi connectivity index (χ4v) is 22.0. The molecule has 14 heteroatoms. The zero-order chi connectivity index (χ0) is 101. The first-order valence-electron chi connectivity index (χ1n) is 62.7. The second-order valence-electron chi connectivity index (χ2n) is 45.1. The van der Waals surface area contributed by atoms with Crippen molar-refractivity contribution in [2.75, 3.05) is 79.8 Å². The van der Waals surface area contributed by atoms with Gasteiger partial charge in [-0.2, -0.15) is 0 Å². The standard InChI is InChI=1S/C125H242N4O10/c1-12-21-29-37-47-63-86-114(84-60-35-27-18-7)109-136-122(132)99-74-54-44-42-51-68-93-118(128(107-81-103-126(10)11)120(130)98-73-53-41-33-25-16-5)94-69-52-43-45-55-75-100-123(133)137-111-116(88-65-49-39-31-23-14-3)89-67-57-56-62-83-113(20-9)91-80-92-117(90-66-50-40-32-24-15-4)112-139-125(135)102-77-59-71-96-119(129(108-82-106-127-104-78-79-105-127)121(131)97-72-46-34-26-17-6)95-70-58-76-101-124(134)138-110-115(85-61-36-28-19-8)87-64-48-38-30-22-13-2/h113-119H,12-112H2,1-11H3. The van der Waals surface area contributed by atoms with E-state index < -0.39 is 0 Å². The predicted molar refractivity (Wildman–Crippen MR) is 598 cm³/mol. The van der Waals surface area contributed by atoms with E-state index in [0.717, 1.165) is 212 Å². The molecule has 0 aromatic carbocycles. The number of carbonyl (C=O) groups excluding carboxylic acids is 6. The highest BCUT2D eigenvalue weighted by Crippen LogP contribution is 2.31. The Kier molecular flexibility index (Phi) is 99.4. The van der Waals surface area contributed by atoms with Crippen LogP contribution in [0.2, 0.25) is 0 Å². The number of ether oxygens (including phenoxy) is 4. The van der Waals surface area contributed by atoms with Gasteiger partial charge in [0.15, 0.2) is 0 Å². The molecule has 822 valence electrons. The lowest BCUT2D eigenvalue weighted by Gasteiger charge is -2.33. The number of esters is 4. The Hall–Kier alpha value is -3.26. The summed E-state index contributed by atoms with van der Waals surface area (Å²) < 4.78 is 24.4. The Labute approximate surface area is 865 Å². The van der Waals surface area contributed by atoms with Crippen LogP contribution in [0.25, 0.3) is 0 Å². The number of unbranched alkanes of at least 4 members (excludes halogenated alkanes) is 52. The molecule has 7 atom stereocenters. The molecule has 1 aliphatic rings. The Morgan fingerprint density at radius 3 is 0.676 bits per heavy atom. The van der Waals surface area contributed by atoms with Crippen LogP contribution in [0, 0.1) is 29.6 Å². The largest absolute Gasteiger partial charge is 0.465 e. The van der Waals surface area contributed by atoms with Crippen LogP contribution in [0.4, 0.5) is 0 Å². The van der Waals surface area contributed by atoms with Gasteiger partial charge in [-0.3, -0.25) is 28.8 Å². The Bertz CT molecular complexity index is 2640. The molecular formula is C125H242N4O10. The smallest absolute Gasteiger partial charge is 0.305 e. The van der Waals surface area contributed by atoms with Gasteiger partial charge >= 0.3 is 23.9 Å². The first kappa shape index (κ1) is 134. The van der Waals surface area contributed by atoms with Crippen LogP contribution in [0.1, 0.15) is 647 Å². The molecule has 1 heterocycles. The van der Waals surface area contributed by atoms with Gasteiger partial charge in [0.2, 0.25) is 11.8 Å². The van der Waals surface area contributed by atoms with Crippen LogP contribution in [0.5, 0.6) is 0 Å². The quantitative estimate of drug-likeness (QED) is 0.0324. The number of nitrogens with zero attached hydrogens (tertiary/aromatic N) is 4. The summed E-state index contributed by atoms with van der Waals surface area (Å²) in [4.78, 5) is 91.5. The van der Waals surface area contributed by atoms with Gasteiger partial charge in [-0.25, -0.2) is 0 Å². The van der Waals surface area contributed by atoms with Gasteiger partial charge < -0.3 is 38.5 Å². The van der Waals surface area contributed by atoms with Crippen molar-refractivity contribution in [2.45, 2.75) is 659 Å². The molecule has 139 heavy (non-hydrogen) atoms. The lowest BCUT2D eigenvalue weighted by Crippen LogP contribution is -2.42. The lowest BCUT2D eigenvalue weighted by molar-refractivity contribution is -0.146. The Morgan fingerprint density at radius 1 is 0.216 bits per heavy atom. The highest BCUT2D eigenvalue weighted by Gasteiger charge is 2.28. The third-order valence-corrected chi connectivity index (χ3v) is 31.5. The number of hydrogen-bond donors (Lipinski definition) is 0. The van der Waals surface area contributed by atoms with Crippen molar-refractivity contribution in [3.05, 3.63) is 0 Å². The zero-order valence-corrected chi connectivity index (χ0v) is 95.3. The summed E-state index contributed by atoms with van der Waals surface area (Å²) in [7, 11) is 4.29. The number of rotatable bonds is 111. The zero-order valence-electron chi connectivity index (χ0n) is 95.3. The maximum atomic E-state index is 14.4. The van der Waals surface area contributed by atoms with Crippen molar-refractivity contribution in [2.24, 2.45) is 29.6 Å². The molecule has 1 aliphatic heterocycles. The molecule has 2 amide bonds. The second kappa shape index (κ2) is 103. The molecular weight excluding hydrogens is 1720 g/mol.